The highest BCUT2D eigenvalue weighted by atomic mass is 16.4. The van der Waals surface area contributed by atoms with Crippen LogP contribution < -0.4 is 0 Å². The van der Waals surface area contributed by atoms with E-state index in [9.17, 15) is 9.90 Å². The van der Waals surface area contributed by atoms with Crippen molar-refractivity contribution in [3.63, 3.8) is 0 Å². The predicted octanol–water partition coefficient (Wildman–Crippen LogP) is 6.27. The Bertz CT molecular complexity index is 297. The van der Waals surface area contributed by atoms with Gasteiger partial charge in [-0.1, -0.05) is 70.1 Å². The Hall–Kier alpha value is -1.09. The van der Waals surface area contributed by atoms with E-state index in [2.05, 4.69) is 25.7 Å². The maximum atomic E-state index is 10.3. The topological polar surface area (TPSA) is 57.5 Å². The minimum Gasteiger partial charge on any atom is -0.481 e. The van der Waals surface area contributed by atoms with Crippen molar-refractivity contribution in [2.75, 3.05) is 0 Å². The Balaban J connectivity index is 0. The summed E-state index contributed by atoms with van der Waals surface area (Å²) in [5.41, 5.74) is 0. The molecular weight excluding hydrogens is 300 g/mol. The number of aliphatic carboxylic acids is 1. The molecule has 1 atom stereocenters. The van der Waals surface area contributed by atoms with Gasteiger partial charge in [0.05, 0.1) is 6.10 Å². The number of rotatable bonds is 15. The molecule has 0 aromatic heterocycles. The van der Waals surface area contributed by atoms with Crippen molar-refractivity contribution < 1.29 is 15.0 Å². The number of hydrogen-bond acceptors (Lipinski definition) is 2. The molecule has 0 aromatic rings. The van der Waals surface area contributed by atoms with E-state index in [4.69, 9.17) is 5.11 Å². The van der Waals surface area contributed by atoms with Crippen LogP contribution in [0, 0.1) is 0 Å². The van der Waals surface area contributed by atoms with Crippen LogP contribution in [0.3, 0.4) is 0 Å². The van der Waals surface area contributed by atoms with E-state index < -0.39 is 5.97 Å². The van der Waals surface area contributed by atoms with Gasteiger partial charge in [0.15, 0.2) is 0 Å². The first-order valence-corrected chi connectivity index (χ1v) is 9.70. The SMILES string of the molecule is C=CC.CCCCCCC(O)C/C=C\CCCCCCCC(=O)O. The zero-order valence-corrected chi connectivity index (χ0v) is 16.0. The highest BCUT2D eigenvalue weighted by Gasteiger charge is 2.00. The van der Waals surface area contributed by atoms with Crippen molar-refractivity contribution >= 4 is 5.97 Å². The average molecular weight is 341 g/mol. The molecule has 0 fully saturated rings. The number of allylic oxidation sites excluding steroid dienone is 2. The second-order valence-corrected chi connectivity index (χ2v) is 6.32. The van der Waals surface area contributed by atoms with Gasteiger partial charge in [-0.2, -0.15) is 0 Å². The number of carboxylic acids is 1. The summed E-state index contributed by atoms with van der Waals surface area (Å²) in [5, 5.41) is 18.3. The molecule has 0 saturated heterocycles. The molecule has 24 heavy (non-hydrogen) atoms. The van der Waals surface area contributed by atoms with E-state index >= 15 is 0 Å². The number of carboxylic acid groups (broad SMARTS) is 1. The Labute approximate surface area is 149 Å². The molecule has 0 amide bonds. The zero-order chi connectivity index (χ0) is 18.5. The van der Waals surface area contributed by atoms with Gasteiger partial charge in [-0.25, -0.2) is 0 Å². The van der Waals surface area contributed by atoms with E-state index in [1.165, 1.54) is 25.7 Å². The molecule has 0 rings (SSSR count). The smallest absolute Gasteiger partial charge is 0.303 e. The van der Waals surface area contributed by atoms with Crippen LogP contribution in [0.1, 0.15) is 97.3 Å². The molecule has 0 saturated carbocycles. The van der Waals surface area contributed by atoms with Crippen molar-refractivity contribution in [2.45, 2.75) is 103 Å². The van der Waals surface area contributed by atoms with Gasteiger partial charge in [0.25, 0.3) is 0 Å². The second-order valence-electron chi connectivity index (χ2n) is 6.32. The summed E-state index contributed by atoms with van der Waals surface area (Å²) in [6.45, 7) is 7.45. The normalized spacial score (nSPS) is 11.8. The van der Waals surface area contributed by atoms with Crippen LogP contribution in [0.25, 0.3) is 0 Å². The lowest BCUT2D eigenvalue weighted by molar-refractivity contribution is -0.137. The first-order chi connectivity index (χ1) is 11.6. The number of hydrogen-bond donors (Lipinski definition) is 2. The molecule has 0 aliphatic rings. The third-order valence-electron chi connectivity index (χ3n) is 3.73. The Morgan fingerprint density at radius 1 is 1.00 bits per heavy atom. The number of carbonyl (C=O) groups is 1. The van der Waals surface area contributed by atoms with Crippen molar-refractivity contribution in [1.82, 2.24) is 0 Å². The minimum atomic E-state index is -0.689. The van der Waals surface area contributed by atoms with Crippen LogP contribution in [0.4, 0.5) is 0 Å². The summed E-state index contributed by atoms with van der Waals surface area (Å²) in [6.07, 6.45) is 19.1. The molecule has 0 aromatic carbocycles. The first kappa shape index (κ1) is 25.2. The fraction of sp³-hybridized carbons (Fsp3) is 0.762. The lowest BCUT2D eigenvalue weighted by Crippen LogP contribution is -2.04. The minimum absolute atomic E-state index is 0.172. The monoisotopic (exact) mass is 340 g/mol. The molecule has 1 unspecified atom stereocenters. The van der Waals surface area contributed by atoms with E-state index in [1.54, 1.807) is 6.08 Å². The zero-order valence-electron chi connectivity index (χ0n) is 16.0. The van der Waals surface area contributed by atoms with Crippen LogP contribution >= 0.6 is 0 Å². The van der Waals surface area contributed by atoms with Crippen LogP contribution in [-0.2, 0) is 4.79 Å². The lowest BCUT2D eigenvalue weighted by Gasteiger charge is -2.07. The third-order valence-corrected chi connectivity index (χ3v) is 3.73. The molecule has 0 radical (unpaired) electrons. The summed E-state index contributed by atoms with van der Waals surface area (Å²) < 4.78 is 0. The average Bonchev–Trinajstić information content (AvgIpc) is 2.54. The van der Waals surface area contributed by atoms with Gasteiger partial charge < -0.3 is 10.2 Å². The standard InChI is InChI=1S/C18H34O3.C3H6/c1-2-3-4-11-14-17(19)15-12-9-7-5-6-8-10-13-16-18(20)21;1-3-2/h9,12,17,19H,2-8,10-11,13-16H2,1H3,(H,20,21);3H,1H2,2H3/b12-9-;. The van der Waals surface area contributed by atoms with Crippen LogP contribution in [0.2, 0.25) is 0 Å². The molecule has 0 aliphatic carbocycles. The van der Waals surface area contributed by atoms with Crippen molar-refractivity contribution in [3.05, 3.63) is 24.8 Å². The van der Waals surface area contributed by atoms with Gasteiger partial charge >= 0.3 is 5.97 Å². The lowest BCUT2D eigenvalue weighted by atomic mass is 10.1. The van der Waals surface area contributed by atoms with Crippen molar-refractivity contribution in [1.29, 1.82) is 0 Å². The van der Waals surface area contributed by atoms with E-state index in [0.717, 1.165) is 51.4 Å². The Morgan fingerprint density at radius 3 is 2.21 bits per heavy atom. The van der Waals surface area contributed by atoms with Crippen LogP contribution in [-0.4, -0.2) is 22.3 Å². The van der Waals surface area contributed by atoms with Gasteiger partial charge in [-0.05, 0) is 39.0 Å². The molecule has 3 nitrogen and oxygen atoms in total. The summed E-state index contributed by atoms with van der Waals surface area (Å²) in [4.78, 5) is 10.3. The molecule has 0 spiro atoms. The molecule has 3 heteroatoms. The Kier molecular flexibility index (Phi) is 23.0. The summed E-state index contributed by atoms with van der Waals surface area (Å²) >= 11 is 0. The largest absolute Gasteiger partial charge is 0.481 e. The molecule has 0 bridgehead atoms. The highest BCUT2D eigenvalue weighted by Crippen LogP contribution is 2.10. The fourth-order valence-corrected chi connectivity index (χ4v) is 2.36. The quantitative estimate of drug-likeness (QED) is 0.273. The summed E-state index contributed by atoms with van der Waals surface area (Å²) in [5.74, 6) is -0.689. The molecule has 2 N–H and O–H groups in total. The van der Waals surface area contributed by atoms with Gasteiger partial charge in [0, 0.05) is 6.42 Å². The molecule has 0 aliphatic heterocycles. The van der Waals surface area contributed by atoms with Gasteiger partial charge in [-0.15, -0.1) is 6.58 Å². The molecule has 0 heterocycles. The van der Waals surface area contributed by atoms with E-state index in [0.29, 0.717) is 6.42 Å². The maximum absolute atomic E-state index is 10.3. The second kappa shape index (κ2) is 21.9. The van der Waals surface area contributed by atoms with Crippen molar-refractivity contribution in [2.24, 2.45) is 0 Å². The summed E-state index contributed by atoms with van der Waals surface area (Å²) in [6, 6.07) is 0. The third kappa shape index (κ3) is 25.8. The van der Waals surface area contributed by atoms with E-state index in [-0.39, 0.29) is 6.10 Å². The maximum Gasteiger partial charge on any atom is 0.303 e. The molecule has 142 valence electrons. The first-order valence-electron chi connectivity index (χ1n) is 9.70. The predicted molar refractivity (Wildman–Crippen MR) is 104 cm³/mol. The van der Waals surface area contributed by atoms with Crippen molar-refractivity contribution in [3.8, 4) is 0 Å². The van der Waals surface area contributed by atoms with Crippen LogP contribution in [0.5, 0.6) is 0 Å². The fourth-order valence-electron chi connectivity index (χ4n) is 2.36. The van der Waals surface area contributed by atoms with Crippen LogP contribution in [0.15, 0.2) is 24.8 Å². The highest BCUT2D eigenvalue weighted by molar-refractivity contribution is 5.66. The number of unbranched alkanes of at least 4 members (excludes halogenated alkanes) is 8. The van der Waals surface area contributed by atoms with Gasteiger partial charge in [0.2, 0.25) is 0 Å². The van der Waals surface area contributed by atoms with E-state index in [1.807, 2.05) is 6.92 Å². The number of aliphatic hydroxyl groups excluding tert-OH is 1. The Morgan fingerprint density at radius 2 is 1.58 bits per heavy atom. The summed E-state index contributed by atoms with van der Waals surface area (Å²) in [7, 11) is 0. The van der Waals surface area contributed by atoms with Gasteiger partial charge in [-0.3, -0.25) is 4.79 Å². The number of aliphatic hydroxyl groups is 1. The molecular formula is C21H40O3. The van der Waals surface area contributed by atoms with Gasteiger partial charge in [0.1, 0.15) is 0 Å².